The van der Waals surface area contributed by atoms with Crippen molar-refractivity contribution in [1.29, 1.82) is 0 Å². The number of ether oxygens (including phenoxy) is 1. The second kappa shape index (κ2) is 26.7. The molecule has 0 fully saturated rings. The van der Waals surface area contributed by atoms with Gasteiger partial charge in [0.1, 0.15) is 11.5 Å². The molecule has 1 rings (SSSR count). The van der Waals surface area contributed by atoms with Crippen LogP contribution in [0.5, 0.6) is 11.5 Å². The highest BCUT2D eigenvalue weighted by Gasteiger charge is 2.09. The van der Waals surface area contributed by atoms with Gasteiger partial charge in [0.05, 0.1) is 19.5 Å². The van der Waals surface area contributed by atoms with Crippen molar-refractivity contribution in [2.45, 2.75) is 155 Å². The quantitative estimate of drug-likeness (QED) is 0.0531. The zero-order chi connectivity index (χ0) is 31.4. The summed E-state index contributed by atoms with van der Waals surface area (Å²) in [6.07, 6.45) is 27.9. The van der Waals surface area contributed by atoms with Crippen LogP contribution in [-0.2, 0) is 9.59 Å². The summed E-state index contributed by atoms with van der Waals surface area (Å²) in [5, 5.41) is 18.7. The average molecular weight is 601 g/mol. The van der Waals surface area contributed by atoms with E-state index in [4.69, 9.17) is 4.74 Å². The average Bonchev–Trinajstić information content (AvgIpc) is 3.00. The first-order chi connectivity index (χ1) is 21.0. The van der Waals surface area contributed by atoms with Gasteiger partial charge < -0.3 is 9.84 Å². The Kier molecular flexibility index (Phi) is 23.7. The zero-order valence-electron chi connectivity index (χ0n) is 27.4. The maximum absolute atomic E-state index is 12.2. The molecule has 0 aromatic heterocycles. The molecule has 0 unspecified atom stereocenters. The Balaban J connectivity index is 2.34. The van der Waals surface area contributed by atoms with Gasteiger partial charge in [-0.25, -0.2) is 10.9 Å². The molecule has 8 heteroatoms. The first-order valence-corrected chi connectivity index (χ1v) is 17.1. The molecule has 0 aliphatic rings. The minimum absolute atomic E-state index is 0.0683. The number of amides is 2. The molecule has 244 valence electrons. The maximum atomic E-state index is 12.2. The van der Waals surface area contributed by atoms with Gasteiger partial charge in [-0.1, -0.05) is 129 Å². The Morgan fingerprint density at radius 3 is 1.28 bits per heavy atom. The Morgan fingerprint density at radius 2 is 0.953 bits per heavy atom. The van der Waals surface area contributed by atoms with Crippen LogP contribution in [0.15, 0.2) is 22.3 Å². The molecule has 0 aliphatic carbocycles. The highest BCUT2D eigenvalue weighted by atomic mass is 16.5. The Bertz CT molecular complexity index is 863. The van der Waals surface area contributed by atoms with Crippen LogP contribution < -0.4 is 15.6 Å². The molecular weight excluding hydrogens is 540 g/mol. The highest BCUT2D eigenvalue weighted by molar-refractivity contribution is 5.93. The van der Waals surface area contributed by atoms with Crippen molar-refractivity contribution >= 4 is 24.2 Å². The molecule has 1 aromatic rings. The fourth-order valence-electron chi connectivity index (χ4n) is 4.97. The zero-order valence-corrected chi connectivity index (χ0v) is 27.4. The first kappa shape index (κ1) is 38.1. The van der Waals surface area contributed by atoms with Gasteiger partial charge in [-0.2, -0.15) is 10.2 Å². The fraction of sp³-hybridized carbons (Fsp3) is 0.714. The summed E-state index contributed by atoms with van der Waals surface area (Å²) in [6, 6.07) is 3.24. The molecule has 0 spiro atoms. The van der Waals surface area contributed by atoms with Gasteiger partial charge >= 0.3 is 0 Å². The van der Waals surface area contributed by atoms with Crippen molar-refractivity contribution < 1.29 is 19.4 Å². The third-order valence-electron chi connectivity index (χ3n) is 7.68. The van der Waals surface area contributed by atoms with Crippen LogP contribution in [0.3, 0.4) is 0 Å². The van der Waals surface area contributed by atoms with Crippen molar-refractivity contribution in [3.05, 3.63) is 23.3 Å². The summed E-state index contributed by atoms with van der Waals surface area (Å²) in [4.78, 5) is 24.3. The number of hydrogen-bond donors (Lipinski definition) is 3. The van der Waals surface area contributed by atoms with Crippen LogP contribution in [0.25, 0.3) is 0 Å². The van der Waals surface area contributed by atoms with Crippen LogP contribution in [0.4, 0.5) is 0 Å². The van der Waals surface area contributed by atoms with Gasteiger partial charge in [0.25, 0.3) is 0 Å². The van der Waals surface area contributed by atoms with Crippen LogP contribution in [0.2, 0.25) is 0 Å². The van der Waals surface area contributed by atoms with E-state index >= 15 is 0 Å². The van der Waals surface area contributed by atoms with Gasteiger partial charge in [-0.05, 0) is 25.0 Å². The number of hydrogen-bond acceptors (Lipinski definition) is 6. The van der Waals surface area contributed by atoms with Crippen molar-refractivity contribution in [2.24, 2.45) is 10.2 Å². The smallest absolute Gasteiger partial charge is 0.240 e. The monoisotopic (exact) mass is 600 g/mol. The van der Waals surface area contributed by atoms with Crippen molar-refractivity contribution in [3.63, 3.8) is 0 Å². The fourth-order valence-corrected chi connectivity index (χ4v) is 4.97. The molecule has 3 N–H and O–H groups in total. The van der Waals surface area contributed by atoms with E-state index in [-0.39, 0.29) is 17.6 Å². The molecule has 0 radical (unpaired) electrons. The molecule has 0 saturated carbocycles. The number of phenols is 1. The van der Waals surface area contributed by atoms with Crippen LogP contribution in [0.1, 0.15) is 166 Å². The number of phenolic OH excluding ortho intramolecular Hbond substituents is 1. The molecule has 0 aliphatic heterocycles. The number of benzene rings is 1. The lowest BCUT2D eigenvalue weighted by Crippen LogP contribution is -2.17. The predicted molar refractivity (Wildman–Crippen MR) is 179 cm³/mol. The second-order valence-electron chi connectivity index (χ2n) is 11.6. The van der Waals surface area contributed by atoms with Gasteiger partial charge in [-0.3, -0.25) is 9.59 Å². The largest absolute Gasteiger partial charge is 0.507 e. The standard InChI is InChI=1S/C35H60N4O4/c1-4-6-8-10-12-14-16-18-20-22-24-33(40)38-36-28-30-26-32(43-3)27-31(35(30)42)29-37-39-34(41)25-23-21-19-17-15-13-11-9-7-5-2/h26-29,42H,4-25H2,1-3H3,(H,38,40)(H,39,41)/b36-28+,37-29+. The molecule has 0 heterocycles. The molecule has 8 nitrogen and oxygen atoms in total. The summed E-state index contributed by atoms with van der Waals surface area (Å²) in [6.45, 7) is 4.47. The number of carbonyl (C=O) groups excluding carboxylic acids is 2. The molecule has 0 saturated heterocycles. The van der Waals surface area contributed by atoms with Gasteiger partial charge in [0.15, 0.2) is 0 Å². The number of carbonyl (C=O) groups is 2. The number of nitrogens with zero attached hydrogens (tertiary/aromatic N) is 2. The van der Waals surface area contributed by atoms with Crippen molar-refractivity contribution in [3.8, 4) is 11.5 Å². The first-order valence-electron chi connectivity index (χ1n) is 17.1. The molecular formula is C35H60N4O4. The number of rotatable bonds is 27. The van der Waals surface area contributed by atoms with Crippen LogP contribution in [-0.4, -0.2) is 36.5 Å². The molecule has 1 aromatic carbocycles. The number of hydrazone groups is 2. The lowest BCUT2D eigenvalue weighted by molar-refractivity contribution is -0.122. The van der Waals surface area contributed by atoms with E-state index in [9.17, 15) is 14.7 Å². The second-order valence-corrected chi connectivity index (χ2v) is 11.6. The van der Waals surface area contributed by atoms with Crippen molar-refractivity contribution in [1.82, 2.24) is 10.9 Å². The van der Waals surface area contributed by atoms with Gasteiger partial charge in [0, 0.05) is 24.0 Å². The number of methoxy groups -OCH3 is 1. The molecule has 43 heavy (non-hydrogen) atoms. The Hall–Kier alpha value is -2.90. The third-order valence-corrected chi connectivity index (χ3v) is 7.68. The highest BCUT2D eigenvalue weighted by Crippen LogP contribution is 2.26. The summed E-state index contributed by atoms with van der Waals surface area (Å²) in [5.74, 6) is 0.130. The SMILES string of the molecule is CCCCCCCCCCCCC(=O)N/N=C/c1cc(OC)cc(/C=N/NC(=O)CCCCCCCCCCCC)c1O. The summed E-state index contributed by atoms with van der Waals surface area (Å²) < 4.78 is 5.33. The lowest BCUT2D eigenvalue weighted by atomic mass is 10.1. The number of unbranched alkanes of at least 4 members (excludes halogenated alkanes) is 18. The van der Waals surface area contributed by atoms with E-state index < -0.39 is 0 Å². The summed E-state index contributed by atoms with van der Waals surface area (Å²) >= 11 is 0. The van der Waals surface area contributed by atoms with E-state index in [0.717, 1.165) is 38.5 Å². The van der Waals surface area contributed by atoms with Crippen LogP contribution in [0, 0.1) is 0 Å². The lowest BCUT2D eigenvalue weighted by Gasteiger charge is -2.07. The Morgan fingerprint density at radius 1 is 0.628 bits per heavy atom. The summed E-state index contributed by atoms with van der Waals surface area (Å²) in [5.41, 5.74) is 5.82. The minimum atomic E-state index is -0.148. The number of nitrogens with one attached hydrogen (secondary N) is 2. The van der Waals surface area contributed by atoms with E-state index in [0.29, 0.717) is 29.7 Å². The van der Waals surface area contributed by atoms with Gasteiger partial charge in [0.2, 0.25) is 11.8 Å². The molecule has 0 atom stereocenters. The predicted octanol–water partition coefficient (Wildman–Crippen LogP) is 8.92. The van der Waals surface area contributed by atoms with Crippen molar-refractivity contribution in [2.75, 3.05) is 7.11 Å². The van der Waals surface area contributed by atoms with E-state index in [1.807, 2.05) is 0 Å². The van der Waals surface area contributed by atoms with E-state index in [2.05, 4.69) is 34.9 Å². The third kappa shape index (κ3) is 20.6. The van der Waals surface area contributed by atoms with Gasteiger partial charge in [-0.15, -0.1) is 0 Å². The maximum Gasteiger partial charge on any atom is 0.240 e. The Labute approximate surface area is 261 Å². The number of aromatic hydroxyl groups is 1. The molecule has 0 bridgehead atoms. The topological polar surface area (TPSA) is 112 Å². The normalized spacial score (nSPS) is 11.4. The van der Waals surface area contributed by atoms with E-state index in [1.54, 1.807) is 12.1 Å². The minimum Gasteiger partial charge on any atom is -0.507 e. The van der Waals surface area contributed by atoms with E-state index in [1.165, 1.54) is 109 Å². The van der Waals surface area contributed by atoms with Crippen LogP contribution >= 0.6 is 0 Å². The summed E-state index contributed by atoms with van der Waals surface area (Å²) in [7, 11) is 1.52. The molecule has 2 amide bonds.